The molecule has 6 nitrogen and oxygen atoms in total. The molecule has 6 heteroatoms. The zero-order chi connectivity index (χ0) is 15.9. The minimum absolute atomic E-state index is 0.336. The second-order valence-electron chi connectivity index (χ2n) is 5.32. The molecule has 1 heterocycles. The van der Waals surface area contributed by atoms with E-state index in [2.05, 4.69) is 22.1 Å². The summed E-state index contributed by atoms with van der Waals surface area (Å²) >= 11 is 0. The zero-order valence-corrected chi connectivity index (χ0v) is 12.9. The van der Waals surface area contributed by atoms with Gasteiger partial charge in [0.2, 0.25) is 0 Å². The van der Waals surface area contributed by atoms with Crippen molar-refractivity contribution in [3.05, 3.63) is 29.3 Å². The van der Waals surface area contributed by atoms with Crippen LogP contribution in [0.2, 0.25) is 0 Å². The fraction of sp³-hybridized carbons (Fsp3) is 0.500. The molecular weight excluding hydrogens is 280 g/mol. The average molecular weight is 302 g/mol. The van der Waals surface area contributed by atoms with Gasteiger partial charge in [0.1, 0.15) is 0 Å². The van der Waals surface area contributed by atoms with E-state index < -0.39 is 11.8 Å². The Hall–Kier alpha value is -2.08. The van der Waals surface area contributed by atoms with E-state index in [0.29, 0.717) is 11.1 Å². The zero-order valence-electron chi connectivity index (χ0n) is 12.9. The molecule has 1 aromatic rings. The summed E-state index contributed by atoms with van der Waals surface area (Å²) in [6, 6.07) is 5.28. The molecule has 0 aliphatic carbocycles. The van der Waals surface area contributed by atoms with Crippen molar-refractivity contribution in [2.24, 2.45) is 16.0 Å². The molecule has 0 saturated carbocycles. The Labute approximate surface area is 130 Å². The largest absolute Gasteiger partial charge is 0.372 e. The molecule has 118 valence electrons. The van der Waals surface area contributed by atoms with Crippen LogP contribution in [0.15, 0.2) is 28.4 Å². The predicted octanol–water partition coefficient (Wildman–Crippen LogP) is 2.78. The molecule has 0 fully saturated rings. The van der Waals surface area contributed by atoms with Crippen LogP contribution in [0.1, 0.15) is 53.3 Å². The molecule has 2 amide bonds. The lowest BCUT2D eigenvalue weighted by Crippen LogP contribution is -2.24. The van der Waals surface area contributed by atoms with E-state index in [1.807, 2.05) is 6.07 Å². The fourth-order valence-corrected chi connectivity index (χ4v) is 2.56. The van der Waals surface area contributed by atoms with Crippen LogP contribution < -0.4 is 10.6 Å². The van der Waals surface area contributed by atoms with Gasteiger partial charge in [-0.05, 0) is 44.5 Å². The summed E-state index contributed by atoms with van der Waals surface area (Å²) in [4.78, 5) is 25.6. The minimum Gasteiger partial charge on any atom is -0.372 e. The van der Waals surface area contributed by atoms with E-state index in [1.54, 1.807) is 12.1 Å². The Morgan fingerprint density at radius 1 is 1.00 bits per heavy atom. The van der Waals surface area contributed by atoms with Crippen LogP contribution in [-0.2, 0) is 0 Å². The van der Waals surface area contributed by atoms with Gasteiger partial charge in [0.05, 0.1) is 11.1 Å². The summed E-state index contributed by atoms with van der Waals surface area (Å²) < 4.78 is 0. The highest BCUT2D eigenvalue weighted by Gasteiger charge is 2.22. The Morgan fingerprint density at radius 3 is 2.36 bits per heavy atom. The smallest absolute Gasteiger partial charge is 0.296 e. The Kier molecular flexibility index (Phi) is 5.77. The number of benzene rings is 1. The highest BCUT2D eigenvalue weighted by molar-refractivity contribution is 6.11. The number of azo groups is 1. The third-order valence-electron chi connectivity index (χ3n) is 3.82. The SMILES string of the molecule is CCN(CCCCCCN)c1ccc2c(c1)C(=O)N=NC2=O. The van der Waals surface area contributed by atoms with Gasteiger partial charge in [0.25, 0.3) is 11.8 Å². The van der Waals surface area contributed by atoms with Crippen LogP contribution in [0.3, 0.4) is 0 Å². The van der Waals surface area contributed by atoms with Crippen molar-refractivity contribution in [3.8, 4) is 0 Å². The normalized spacial score (nSPS) is 13.4. The average Bonchev–Trinajstić information content (AvgIpc) is 2.54. The van der Waals surface area contributed by atoms with Crippen LogP contribution in [0.5, 0.6) is 0 Å². The molecule has 0 atom stereocenters. The van der Waals surface area contributed by atoms with Gasteiger partial charge in [-0.2, -0.15) is 0 Å². The Balaban J connectivity index is 2.06. The minimum atomic E-state index is -0.453. The number of anilines is 1. The second-order valence-corrected chi connectivity index (χ2v) is 5.32. The highest BCUT2D eigenvalue weighted by atomic mass is 16.2. The van der Waals surface area contributed by atoms with Crippen LogP contribution in [-0.4, -0.2) is 31.4 Å². The first-order chi connectivity index (χ1) is 10.7. The summed E-state index contributed by atoms with van der Waals surface area (Å²) in [6.45, 7) is 4.59. The van der Waals surface area contributed by atoms with Crippen molar-refractivity contribution in [2.75, 3.05) is 24.5 Å². The maximum atomic E-state index is 11.8. The van der Waals surface area contributed by atoms with Gasteiger partial charge < -0.3 is 10.6 Å². The first-order valence-electron chi connectivity index (χ1n) is 7.76. The van der Waals surface area contributed by atoms with Crippen LogP contribution in [0.4, 0.5) is 5.69 Å². The molecule has 0 spiro atoms. The lowest BCUT2D eigenvalue weighted by Gasteiger charge is -2.24. The maximum Gasteiger partial charge on any atom is 0.296 e. The number of carbonyl (C=O) groups excluding carboxylic acids is 2. The van der Waals surface area contributed by atoms with Crippen molar-refractivity contribution < 1.29 is 9.59 Å². The highest BCUT2D eigenvalue weighted by Crippen LogP contribution is 2.24. The number of unbranched alkanes of at least 4 members (excludes halogenated alkanes) is 3. The Bertz CT molecular complexity index is 584. The lowest BCUT2D eigenvalue weighted by molar-refractivity contribution is 0.0921. The molecule has 2 N–H and O–H groups in total. The van der Waals surface area contributed by atoms with Gasteiger partial charge in [-0.15, -0.1) is 10.2 Å². The number of nitrogens with two attached hydrogens (primary N) is 1. The van der Waals surface area contributed by atoms with Gasteiger partial charge in [-0.25, -0.2) is 0 Å². The number of hydrogen-bond acceptors (Lipinski definition) is 4. The number of fused-ring (bicyclic) bond motifs is 1. The van der Waals surface area contributed by atoms with Gasteiger partial charge in [-0.1, -0.05) is 12.8 Å². The van der Waals surface area contributed by atoms with E-state index in [4.69, 9.17) is 5.73 Å². The monoisotopic (exact) mass is 302 g/mol. The molecule has 1 aromatic carbocycles. The number of rotatable bonds is 8. The summed E-state index contributed by atoms with van der Waals surface area (Å²) in [5.74, 6) is -0.901. The molecule has 2 rings (SSSR count). The molecular formula is C16H22N4O2. The van der Waals surface area contributed by atoms with Crippen molar-refractivity contribution in [3.63, 3.8) is 0 Å². The van der Waals surface area contributed by atoms with Crippen molar-refractivity contribution in [1.29, 1.82) is 0 Å². The van der Waals surface area contributed by atoms with E-state index in [9.17, 15) is 9.59 Å². The topological polar surface area (TPSA) is 88.1 Å². The molecule has 1 aliphatic heterocycles. The van der Waals surface area contributed by atoms with E-state index >= 15 is 0 Å². The van der Waals surface area contributed by atoms with Crippen LogP contribution in [0.25, 0.3) is 0 Å². The number of carbonyl (C=O) groups is 2. The van der Waals surface area contributed by atoms with E-state index in [0.717, 1.165) is 51.0 Å². The summed E-state index contributed by atoms with van der Waals surface area (Å²) in [7, 11) is 0. The van der Waals surface area contributed by atoms with Gasteiger partial charge in [0, 0.05) is 18.8 Å². The molecule has 0 bridgehead atoms. The first-order valence-corrected chi connectivity index (χ1v) is 7.76. The summed E-state index contributed by atoms with van der Waals surface area (Å²) in [5.41, 5.74) is 7.12. The maximum absolute atomic E-state index is 11.8. The van der Waals surface area contributed by atoms with Crippen molar-refractivity contribution in [2.45, 2.75) is 32.6 Å². The third-order valence-corrected chi connectivity index (χ3v) is 3.82. The lowest BCUT2D eigenvalue weighted by atomic mass is 10.0. The predicted molar refractivity (Wildman–Crippen MR) is 85.4 cm³/mol. The quantitative estimate of drug-likeness (QED) is 0.748. The molecule has 0 radical (unpaired) electrons. The number of amides is 2. The fourth-order valence-electron chi connectivity index (χ4n) is 2.56. The molecule has 1 aliphatic rings. The molecule has 22 heavy (non-hydrogen) atoms. The summed E-state index contributed by atoms with van der Waals surface area (Å²) in [6.07, 6.45) is 4.43. The van der Waals surface area contributed by atoms with Gasteiger partial charge in [0.15, 0.2) is 0 Å². The third kappa shape index (κ3) is 3.76. The Morgan fingerprint density at radius 2 is 1.68 bits per heavy atom. The van der Waals surface area contributed by atoms with Crippen LogP contribution >= 0.6 is 0 Å². The molecule has 0 aromatic heterocycles. The number of hydrogen-bond donors (Lipinski definition) is 1. The van der Waals surface area contributed by atoms with Crippen LogP contribution in [0, 0.1) is 0 Å². The van der Waals surface area contributed by atoms with Crippen molar-refractivity contribution >= 4 is 17.5 Å². The van der Waals surface area contributed by atoms with Crippen molar-refractivity contribution in [1.82, 2.24) is 0 Å². The number of nitrogens with zero attached hydrogens (tertiary/aromatic N) is 3. The van der Waals surface area contributed by atoms with E-state index in [-0.39, 0.29) is 0 Å². The van der Waals surface area contributed by atoms with E-state index in [1.165, 1.54) is 0 Å². The first kappa shape index (κ1) is 16.3. The van der Waals surface area contributed by atoms with Gasteiger partial charge in [-0.3, -0.25) is 9.59 Å². The van der Waals surface area contributed by atoms with Gasteiger partial charge >= 0.3 is 0 Å². The summed E-state index contributed by atoms with van der Waals surface area (Å²) in [5, 5.41) is 6.72. The molecule has 0 saturated heterocycles. The second kappa shape index (κ2) is 7.79. The molecule has 0 unspecified atom stereocenters. The standard InChI is InChI=1S/C16H22N4O2/c1-2-20(10-6-4-3-5-9-17)12-7-8-13-14(11-12)16(22)19-18-15(13)21/h7-8,11H,2-6,9-10,17H2,1H3.